The number of halogens is 3. The number of likely N-dealkylation sites (N-methyl/N-ethyl adjacent to an activating group) is 1. The smallest absolute Gasteiger partial charge is 0.172 e. The van der Waals surface area contributed by atoms with Crippen LogP contribution in [0.3, 0.4) is 0 Å². The fourth-order valence-electron chi connectivity index (χ4n) is 3.27. The standard InChI is InChI=1S/C15H16F3NO2/c1-19-9-4-8(5-10(19)7-21-6-9)15(20)13-11(16)2-3-12(17)14(13)18/h2-3,8-10H,4-7H2,1H3. The lowest BCUT2D eigenvalue weighted by Crippen LogP contribution is -2.55. The Hall–Kier alpha value is -1.40. The zero-order valence-electron chi connectivity index (χ0n) is 11.6. The highest BCUT2D eigenvalue weighted by molar-refractivity contribution is 5.98. The Labute approximate surface area is 120 Å². The van der Waals surface area contributed by atoms with E-state index in [0.29, 0.717) is 32.1 Å². The van der Waals surface area contributed by atoms with Crippen molar-refractivity contribution in [2.75, 3.05) is 20.3 Å². The third-order valence-corrected chi connectivity index (χ3v) is 4.55. The molecule has 0 aromatic heterocycles. The molecule has 0 aliphatic carbocycles. The number of ketones is 1. The van der Waals surface area contributed by atoms with E-state index in [0.717, 1.165) is 6.07 Å². The topological polar surface area (TPSA) is 29.5 Å². The van der Waals surface area contributed by atoms with Gasteiger partial charge in [-0.15, -0.1) is 0 Å². The van der Waals surface area contributed by atoms with E-state index >= 15 is 0 Å². The van der Waals surface area contributed by atoms with Gasteiger partial charge in [0.2, 0.25) is 0 Å². The molecule has 0 radical (unpaired) electrons. The minimum absolute atomic E-state index is 0.0612. The van der Waals surface area contributed by atoms with E-state index in [-0.39, 0.29) is 12.1 Å². The number of carbonyl (C=O) groups excluding carboxylic acids is 1. The van der Waals surface area contributed by atoms with Crippen LogP contribution in [-0.2, 0) is 4.74 Å². The second-order valence-corrected chi connectivity index (χ2v) is 5.76. The molecule has 2 aliphatic rings. The van der Waals surface area contributed by atoms with Gasteiger partial charge < -0.3 is 4.74 Å². The number of Topliss-reactive ketones (excluding diaryl/α,β-unsaturated/α-hetero) is 1. The minimum atomic E-state index is -1.39. The Balaban J connectivity index is 1.88. The lowest BCUT2D eigenvalue weighted by Gasteiger charge is -2.46. The molecule has 0 saturated carbocycles. The van der Waals surface area contributed by atoms with Gasteiger partial charge in [-0.05, 0) is 32.0 Å². The molecule has 2 bridgehead atoms. The van der Waals surface area contributed by atoms with Crippen molar-refractivity contribution in [3.8, 4) is 0 Å². The number of benzene rings is 1. The predicted octanol–water partition coefficient (Wildman–Crippen LogP) is 2.40. The van der Waals surface area contributed by atoms with Crippen LogP contribution in [0, 0.1) is 23.4 Å². The van der Waals surface area contributed by atoms with Crippen molar-refractivity contribution in [3.63, 3.8) is 0 Å². The molecule has 2 unspecified atom stereocenters. The average molecular weight is 299 g/mol. The number of fused-ring (bicyclic) bond motifs is 2. The molecule has 0 N–H and O–H groups in total. The fraction of sp³-hybridized carbons (Fsp3) is 0.533. The van der Waals surface area contributed by atoms with Crippen molar-refractivity contribution in [1.29, 1.82) is 0 Å². The van der Waals surface area contributed by atoms with E-state index in [2.05, 4.69) is 4.90 Å². The lowest BCUT2D eigenvalue weighted by atomic mass is 9.81. The van der Waals surface area contributed by atoms with Crippen LogP contribution in [0.5, 0.6) is 0 Å². The van der Waals surface area contributed by atoms with Gasteiger partial charge in [0.15, 0.2) is 17.4 Å². The fourth-order valence-corrected chi connectivity index (χ4v) is 3.27. The maximum absolute atomic E-state index is 13.8. The molecule has 2 saturated heterocycles. The minimum Gasteiger partial charge on any atom is -0.378 e. The van der Waals surface area contributed by atoms with Gasteiger partial charge in [0.05, 0.1) is 18.8 Å². The Morgan fingerprint density at radius 3 is 2.33 bits per heavy atom. The van der Waals surface area contributed by atoms with E-state index in [1.165, 1.54) is 0 Å². The van der Waals surface area contributed by atoms with E-state index < -0.39 is 34.7 Å². The molecule has 2 aliphatic heterocycles. The van der Waals surface area contributed by atoms with Crippen LogP contribution in [0.25, 0.3) is 0 Å². The third-order valence-electron chi connectivity index (χ3n) is 4.55. The first-order valence-corrected chi connectivity index (χ1v) is 6.96. The Morgan fingerprint density at radius 2 is 1.71 bits per heavy atom. The molecule has 1 aromatic carbocycles. The molecule has 6 heteroatoms. The number of carbonyl (C=O) groups is 1. The second kappa shape index (κ2) is 5.42. The van der Waals surface area contributed by atoms with Crippen LogP contribution >= 0.6 is 0 Å². The van der Waals surface area contributed by atoms with Gasteiger partial charge in [-0.3, -0.25) is 9.69 Å². The Morgan fingerprint density at radius 1 is 1.14 bits per heavy atom. The molecule has 21 heavy (non-hydrogen) atoms. The summed E-state index contributed by atoms with van der Waals surface area (Å²) in [5.74, 6) is -4.73. The number of piperidine rings is 1. The SMILES string of the molecule is CN1C2COCC1CC(C(=O)c1c(F)ccc(F)c1F)C2. The van der Waals surface area contributed by atoms with Crippen molar-refractivity contribution in [2.45, 2.75) is 24.9 Å². The van der Waals surface area contributed by atoms with Crippen LogP contribution < -0.4 is 0 Å². The van der Waals surface area contributed by atoms with Gasteiger partial charge in [0.25, 0.3) is 0 Å². The summed E-state index contributed by atoms with van der Waals surface area (Å²) < 4.78 is 46.2. The van der Waals surface area contributed by atoms with Gasteiger partial charge in [0.1, 0.15) is 5.82 Å². The van der Waals surface area contributed by atoms with Crippen molar-refractivity contribution >= 4 is 5.78 Å². The zero-order chi connectivity index (χ0) is 15.1. The van der Waals surface area contributed by atoms with Gasteiger partial charge in [0, 0.05) is 18.0 Å². The number of hydrogen-bond acceptors (Lipinski definition) is 3. The van der Waals surface area contributed by atoms with Gasteiger partial charge in [-0.2, -0.15) is 0 Å². The monoisotopic (exact) mass is 299 g/mol. The number of nitrogens with zero attached hydrogens (tertiary/aromatic N) is 1. The number of morpholine rings is 1. The van der Waals surface area contributed by atoms with E-state index in [4.69, 9.17) is 4.74 Å². The Kier molecular flexibility index (Phi) is 3.75. The van der Waals surface area contributed by atoms with Gasteiger partial charge in [-0.25, -0.2) is 13.2 Å². The molecule has 2 heterocycles. The molecule has 2 atom stereocenters. The van der Waals surface area contributed by atoms with Crippen LogP contribution in [0.1, 0.15) is 23.2 Å². The maximum atomic E-state index is 13.8. The summed E-state index contributed by atoms with van der Waals surface area (Å²) in [6.45, 7) is 1.01. The largest absolute Gasteiger partial charge is 0.378 e. The first-order chi connectivity index (χ1) is 9.99. The van der Waals surface area contributed by atoms with E-state index in [1.54, 1.807) is 0 Å². The third kappa shape index (κ3) is 2.46. The molecule has 0 spiro atoms. The number of hydrogen-bond donors (Lipinski definition) is 0. The molecule has 3 rings (SSSR count). The van der Waals surface area contributed by atoms with Crippen LogP contribution in [-0.4, -0.2) is 43.0 Å². The van der Waals surface area contributed by atoms with Gasteiger partial charge >= 0.3 is 0 Å². The van der Waals surface area contributed by atoms with E-state index in [1.807, 2.05) is 7.05 Å². The van der Waals surface area contributed by atoms with E-state index in [9.17, 15) is 18.0 Å². The predicted molar refractivity (Wildman–Crippen MR) is 69.5 cm³/mol. The van der Waals surface area contributed by atoms with Crippen molar-refractivity contribution in [3.05, 3.63) is 35.1 Å². The lowest BCUT2D eigenvalue weighted by molar-refractivity contribution is -0.0703. The number of ether oxygens (including phenoxy) is 1. The summed E-state index contributed by atoms with van der Waals surface area (Å²) in [6.07, 6.45) is 0.947. The molecule has 2 fully saturated rings. The highest BCUT2D eigenvalue weighted by Crippen LogP contribution is 2.33. The van der Waals surface area contributed by atoms with Crippen molar-refractivity contribution in [1.82, 2.24) is 4.90 Å². The zero-order valence-corrected chi connectivity index (χ0v) is 11.6. The first kappa shape index (κ1) is 14.5. The van der Waals surface area contributed by atoms with Gasteiger partial charge in [-0.1, -0.05) is 0 Å². The second-order valence-electron chi connectivity index (χ2n) is 5.76. The highest BCUT2D eigenvalue weighted by Gasteiger charge is 2.40. The molecule has 114 valence electrons. The molecule has 0 amide bonds. The molecular weight excluding hydrogens is 283 g/mol. The van der Waals surface area contributed by atoms with Crippen molar-refractivity contribution in [2.24, 2.45) is 5.92 Å². The summed E-state index contributed by atoms with van der Waals surface area (Å²) in [4.78, 5) is 14.6. The van der Waals surface area contributed by atoms with Crippen LogP contribution in [0.15, 0.2) is 12.1 Å². The summed E-state index contributed by atoms with van der Waals surface area (Å²) in [7, 11) is 1.96. The molecule has 1 aromatic rings. The summed E-state index contributed by atoms with van der Waals surface area (Å²) in [6, 6.07) is 1.61. The average Bonchev–Trinajstić information content (AvgIpc) is 2.43. The van der Waals surface area contributed by atoms with Crippen molar-refractivity contribution < 1.29 is 22.7 Å². The summed E-state index contributed by atoms with van der Waals surface area (Å²) in [5.41, 5.74) is -0.747. The molecular formula is C15H16F3NO2. The Bertz CT molecular complexity index is 564. The number of rotatable bonds is 2. The highest BCUT2D eigenvalue weighted by atomic mass is 19.2. The maximum Gasteiger partial charge on any atom is 0.172 e. The first-order valence-electron chi connectivity index (χ1n) is 6.96. The summed E-state index contributed by atoms with van der Waals surface area (Å²) in [5, 5.41) is 0. The molecule has 3 nitrogen and oxygen atoms in total. The normalized spacial score (nSPS) is 29.4. The van der Waals surface area contributed by atoms with Crippen LogP contribution in [0.4, 0.5) is 13.2 Å². The van der Waals surface area contributed by atoms with Crippen LogP contribution in [0.2, 0.25) is 0 Å². The summed E-state index contributed by atoms with van der Waals surface area (Å²) >= 11 is 0. The quantitative estimate of drug-likeness (QED) is 0.620.